The maximum atomic E-state index is 4.62. The maximum absolute atomic E-state index is 4.62. The van der Waals surface area contributed by atoms with E-state index in [1.165, 1.54) is 16.6 Å². The summed E-state index contributed by atoms with van der Waals surface area (Å²) >= 11 is 0. The molecule has 88 valence electrons. The molecular formula is C14H22N2. The molecule has 0 fully saturated rings. The normalized spacial score (nSPS) is 10.4. The van der Waals surface area contributed by atoms with E-state index in [9.17, 15) is 0 Å². The molecule has 1 heterocycles. The zero-order valence-electron chi connectivity index (χ0n) is 11.0. The van der Waals surface area contributed by atoms with Gasteiger partial charge in [0.05, 0.1) is 11.2 Å². The van der Waals surface area contributed by atoms with Crippen LogP contribution in [-0.2, 0) is 6.42 Å². The van der Waals surface area contributed by atoms with Gasteiger partial charge in [0.25, 0.3) is 0 Å². The fourth-order valence-electron chi connectivity index (χ4n) is 1.81. The van der Waals surface area contributed by atoms with Crippen LogP contribution in [0.15, 0.2) is 24.3 Å². The highest BCUT2D eigenvalue weighted by Crippen LogP contribution is 2.21. The van der Waals surface area contributed by atoms with E-state index in [0.717, 1.165) is 6.42 Å². The van der Waals surface area contributed by atoms with Crippen LogP contribution in [-0.4, -0.2) is 9.78 Å². The van der Waals surface area contributed by atoms with Gasteiger partial charge in [0.1, 0.15) is 0 Å². The van der Waals surface area contributed by atoms with E-state index < -0.39 is 0 Å². The number of hydrogen-bond acceptors (Lipinski definition) is 1. The van der Waals surface area contributed by atoms with Gasteiger partial charge in [0.2, 0.25) is 0 Å². The first kappa shape index (κ1) is 12.8. The van der Waals surface area contributed by atoms with Crippen molar-refractivity contribution in [3.63, 3.8) is 0 Å². The summed E-state index contributed by atoms with van der Waals surface area (Å²) in [5.41, 5.74) is 2.45. The highest BCUT2D eigenvalue weighted by molar-refractivity contribution is 5.82. The second kappa shape index (κ2) is 5.69. The Labute approximate surface area is 98.3 Å². The summed E-state index contributed by atoms with van der Waals surface area (Å²) in [5, 5.41) is 5.92. The zero-order valence-corrected chi connectivity index (χ0v) is 11.0. The van der Waals surface area contributed by atoms with Crippen molar-refractivity contribution in [1.29, 1.82) is 0 Å². The molecule has 0 saturated heterocycles. The van der Waals surface area contributed by atoms with Crippen LogP contribution in [0.5, 0.6) is 0 Å². The molecule has 0 N–H and O–H groups in total. The maximum Gasteiger partial charge on any atom is 0.0700 e. The number of aryl methyl sites for hydroxylation is 1. The van der Waals surface area contributed by atoms with Crippen LogP contribution < -0.4 is 0 Å². The molecule has 2 aromatic rings. The number of fused-ring (bicyclic) bond motifs is 1. The lowest BCUT2D eigenvalue weighted by Crippen LogP contribution is -2.02. The minimum atomic E-state index is 0.431. The number of rotatable bonds is 2. The standard InChI is InChI=1S/C12H16N2.C2H6/c1-4-11-10-7-5-6-8-12(10)14(13-11)9(2)3;1-2/h5-9H,4H2,1-3H3;1-2H3. The molecule has 0 aliphatic rings. The summed E-state index contributed by atoms with van der Waals surface area (Å²) < 4.78 is 2.11. The third kappa shape index (κ3) is 2.26. The highest BCUT2D eigenvalue weighted by atomic mass is 15.3. The average Bonchev–Trinajstić information content (AvgIpc) is 2.70. The van der Waals surface area contributed by atoms with Gasteiger partial charge in [-0.2, -0.15) is 5.10 Å². The molecule has 2 nitrogen and oxygen atoms in total. The summed E-state index contributed by atoms with van der Waals surface area (Å²) in [6.07, 6.45) is 1.00. The van der Waals surface area contributed by atoms with Gasteiger partial charge in [0.15, 0.2) is 0 Å². The van der Waals surface area contributed by atoms with Crippen LogP contribution in [0.2, 0.25) is 0 Å². The first-order chi connectivity index (χ1) is 7.74. The average molecular weight is 218 g/mol. The van der Waals surface area contributed by atoms with Crippen LogP contribution in [0, 0.1) is 0 Å². The Balaban J connectivity index is 0.000000606. The SMILES string of the molecule is CC.CCc1nn(C(C)C)c2ccccc12. The van der Waals surface area contributed by atoms with Crippen LogP contribution in [0.4, 0.5) is 0 Å². The Morgan fingerprint density at radius 1 is 1.19 bits per heavy atom. The van der Waals surface area contributed by atoms with Crippen molar-refractivity contribution in [2.24, 2.45) is 0 Å². The molecule has 0 aliphatic heterocycles. The lowest BCUT2D eigenvalue weighted by molar-refractivity contribution is 0.544. The van der Waals surface area contributed by atoms with E-state index in [1.54, 1.807) is 0 Å². The first-order valence-electron chi connectivity index (χ1n) is 6.20. The summed E-state index contributed by atoms with van der Waals surface area (Å²) in [7, 11) is 0. The molecule has 0 bridgehead atoms. The topological polar surface area (TPSA) is 17.8 Å². The Morgan fingerprint density at radius 2 is 1.81 bits per heavy atom. The van der Waals surface area contributed by atoms with Crippen LogP contribution in [0.25, 0.3) is 10.9 Å². The molecule has 0 saturated carbocycles. The van der Waals surface area contributed by atoms with Crippen molar-refractivity contribution in [3.05, 3.63) is 30.0 Å². The third-order valence-electron chi connectivity index (χ3n) is 2.51. The van der Waals surface area contributed by atoms with Crippen molar-refractivity contribution in [1.82, 2.24) is 9.78 Å². The smallest absolute Gasteiger partial charge is 0.0700 e. The molecule has 0 spiro atoms. The van der Waals surface area contributed by atoms with Gasteiger partial charge in [0, 0.05) is 11.4 Å². The second-order valence-corrected chi connectivity index (χ2v) is 3.86. The monoisotopic (exact) mass is 218 g/mol. The quantitative estimate of drug-likeness (QED) is 0.738. The van der Waals surface area contributed by atoms with Crippen molar-refractivity contribution >= 4 is 10.9 Å². The third-order valence-corrected chi connectivity index (χ3v) is 2.51. The predicted octanol–water partition coefficient (Wildman–Crippen LogP) is 4.21. The van der Waals surface area contributed by atoms with Gasteiger partial charge >= 0.3 is 0 Å². The largest absolute Gasteiger partial charge is 0.262 e. The molecule has 16 heavy (non-hydrogen) atoms. The van der Waals surface area contributed by atoms with E-state index in [4.69, 9.17) is 0 Å². The van der Waals surface area contributed by atoms with Crippen molar-refractivity contribution in [2.75, 3.05) is 0 Å². The summed E-state index contributed by atoms with van der Waals surface area (Å²) in [6, 6.07) is 8.87. The molecule has 0 amide bonds. The predicted molar refractivity (Wildman–Crippen MR) is 70.8 cm³/mol. The molecule has 1 aromatic heterocycles. The van der Waals surface area contributed by atoms with Crippen LogP contribution in [0.3, 0.4) is 0 Å². The van der Waals surface area contributed by atoms with E-state index in [1.807, 2.05) is 13.8 Å². The lowest BCUT2D eigenvalue weighted by atomic mass is 10.2. The van der Waals surface area contributed by atoms with E-state index >= 15 is 0 Å². The van der Waals surface area contributed by atoms with Gasteiger partial charge in [-0.3, -0.25) is 4.68 Å². The Bertz CT molecular complexity index is 441. The molecule has 1 aromatic carbocycles. The number of hydrogen-bond donors (Lipinski definition) is 0. The fourth-order valence-corrected chi connectivity index (χ4v) is 1.81. The van der Waals surface area contributed by atoms with Crippen molar-refractivity contribution in [2.45, 2.75) is 47.1 Å². The van der Waals surface area contributed by atoms with Gasteiger partial charge in [-0.15, -0.1) is 0 Å². The summed E-state index contributed by atoms with van der Waals surface area (Å²) in [5.74, 6) is 0. The molecule has 0 unspecified atom stereocenters. The first-order valence-corrected chi connectivity index (χ1v) is 6.20. The molecule has 2 rings (SSSR count). The van der Waals surface area contributed by atoms with Crippen molar-refractivity contribution < 1.29 is 0 Å². The minimum Gasteiger partial charge on any atom is -0.262 e. The zero-order chi connectivity index (χ0) is 12.1. The minimum absolute atomic E-state index is 0.431. The van der Waals surface area contributed by atoms with Gasteiger partial charge in [-0.25, -0.2) is 0 Å². The van der Waals surface area contributed by atoms with Gasteiger partial charge < -0.3 is 0 Å². The van der Waals surface area contributed by atoms with Crippen molar-refractivity contribution in [3.8, 4) is 0 Å². The molecule has 0 radical (unpaired) electrons. The molecule has 0 aliphatic carbocycles. The van der Waals surface area contributed by atoms with Crippen LogP contribution in [0.1, 0.15) is 46.4 Å². The number of para-hydroxylation sites is 1. The van der Waals surface area contributed by atoms with Gasteiger partial charge in [-0.05, 0) is 26.3 Å². The number of benzene rings is 1. The fraction of sp³-hybridized carbons (Fsp3) is 0.500. The number of nitrogens with zero attached hydrogens (tertiary/aromatic N) is 2. The van der Waals surface area contributed by atoms with E-state index in [0.29, 0.717) is 6.04 Å². The van der Waals surface area contributed by atoms with E-state index in [-0.39, 0.29) is 0 Å². The second-order valence-electron chi connectivity index (χ2n) is 3.86. The molecule has 0 atom stereocenters. The summed E-state index contributed by atoms with van der Waals surface area (Å²) in [6.45, 7) is 10.5. The summed E-state index contributed by atoms with van der Waals surface area (Å²) in [4.78, 5) is 0. The number of aromatic nitrogens is 2. The van der Waals surface area contributed by atoms with E-state index in [2.05, 4.69) is 54.8 Å². The molecule has 2 heteroatoms. The van der Waals surface area contributed by atoms with Gasteiger partial charge in [-0.1, -0.05) is 39.0 Å². The molecular weight excluding hydrogens is 196 g/mol. The Kier molecular flexibility index (Phi) is 4.53. The Morgan fingerprint density at radius 3 is 2.38 bits per heavy atom. The highest BCUT2D eigenvalue weighted by Gasteiger charge is 2.09. The lowest BCUT2D eigenvalue weighted by Gasteiger charge is -2.06. The Hall–Kier alpha value is -1.31. The van der Waals surface area contributed by atoms with Crippen LogP contribution >= 0.6 is 0 Å².